The smallest absolute Gasteiger partial charge is 0.269 e. The highest BCUT2D eigenvalue weighted by molar-refractivity contribution is 6.30. The van der Waals surface area contributed by atoms with Gasteiger partial charge in [0.15, 0.2) is 0 Å². The molecule has 2 unspecified atom stereocenters. The molecule has 1 amide bonds. The maximum Gasteiger partial charge on any atom is 0.269 e. The van der Waals surface area contributed by atoms with E-state index in [9.17, 15) is 14.9 Å². The van der Waals surface area contributed by atoms with Crippen LogP contribution in [0.5, 0.6) is 0 Å². The molecule has 1 saturated heterocycles. The van der Waals surface area contributed by atoms with Gasteiger partial charge in [0.2, 0.25) is 0 Å². The number of nitro benzene ring substituents is 1. The van der Waals surface area contributed by atoms with Gasteiger partial charge in [-0.2, -0.15) is 5.10 Å². The molecule has 0 bridgehead atoms. The fraction of sp³-hybridized carbons (Fsp3) is 0.222. The molecule has 1 fully saturated rings. The van der Waals surface area contributed by atoms with Gasteiger partial charge in [0.1, 0.15) is 6.04 Å². The number of nitro groups is 1. The van der Waals surface area contributed by atoms with Crippen molar-refractivity contribution in [2.75, 3.05) is 0 Å². The number of rotatable bonds is 5. The summed E-state index contributed by atoms with van der Waals surface area (Å²) in [5.74, 6) is -0.264. The lowest BCUT2D eigenvalue weighted by molar-refractivity contribution is -0.384. The first-order valence-electron chi connectivity index (χ1n) is 8.29. The maximum absolute atomic E-state index is 12.3. The van der Waals surface area contributed by atoms with Crippen LogP contribution >= 0.6 is 11.6 Å². The van der Waals surface area contributed by atoms with Crippen molar-refractivity contribution in [1.29, 1.82) is 0 Å². The highest BCUT2D eigenvalue weighted by Gasteiger charge is 2.30. The lowest BCUT2D eigenvalue weighted by atomic mass is 10.0. The molecule has 3 N–H and O–H groups in total. The second-order valence-electron chi connectivity index (χ2n) is 6.16. The Morgan fingerprint density at radius 2 is 1.85 bits per heavy atom. The molecule has 0 aromatic heterocycles. The third-order valence-electron chi connectivity index (χ3n) is 4.32. The average molecular weight is 388 g/mol. The number of hydrogen-bond donors (Lipinski definition) is 3. The molecule has 3 rings (SSSR count). The van der Waals surface area contributed by atoms with Gasteiger partial charge >= 0.3 is 0 Å². The molecule has 27 heavy (non-hydrogen) atoms. The molecular formula is C18H18ClN5O3. The first-order chi connectivity index (χ1) is 12.9. The van der Waals surface area contributed by atoms with Crippen LogP contribution in [0.2, 0.25) is 5.02 Å². The fourth-order valence-corrected chi connectivity index (χ4v) is 2.87. The third-order valence-corrected chi connectivity index (χ3v) is 4.57. The SMILES string of the molecule is C/C(=N/NC(=O)C1CC(c2ccc(Cl)cc2)NN1)c1ccc([N+](=O)[O-])cc1. The molecule has 1 heterocycles. The lowest BCUT2D eigenvalue weighted by Crippen LogP contribution is -2.41. The van der Waals surface area contributed by atoms with Gasteiger partial charge in [-0.15, -0.1) is 0 Å². The number of amides is 1. The van der Waals surface area contributed by atoms with Crippen LogP contribution in [-0.4, -0.2) is 22.6 Å². The molecule has 2 aromatic rings. The van der Waals surface area contributed by atoms with Gasteiger partial charge in [-0.25, -0.2) is 16.3 Å². The molecule has 0 aliphatic carbocycles. The number of hydrogen-bond acceptors (Lipinski definition) is 6. The Balaban J connectivity index is 1.58. The van der Waals surface area contributed by atoms with Crippen molar-refractivity contribution in [3.05, 3.63) is 74.8 Å². The number of nitrogens with zero attached hydrogens (tertiary/aromatic N) is 2. The Bertz CT molecular complexity index is 868. The van der Waals surface area contributed by atoms with E-state index in [-0.39, 0.29) is 17.6 Å². The summed E-state index contributed by atoms with van der Waals surface area (Å²) >= 11 is 5.89. The number of hydrazine groups is 1. The zero-order valence-electron chi connectivity index (χ0n) is 14.5. The number of hydrazone groups is 1. The summed E-state index contributed by atoms with van der Waals surface area (Å²) in [6, 6.07) is 13.0. The number of carbonyl (C=O) groups is 1. The van der Waals surface area contributed by atoms with Gasteiger partial charge in [-0.3, -0.25) is 14.9 Å². The molecule has 2 aromatic carbocycles. The van der Waals surface area contributed by atoms with Crippen LogP contribution in [0.1, 0.15) is 30.5 Å². The van der Waals surface area contributed by atoms with Crippen molar-refractivity contribution in [2.45, 2.75) is 25.4 Å². The summed E-state index contributed by atoms with van der Waals surface area (Å²) in [5.41, 5.74) is 10.9. The highest BCUT2D eigenvalue weighted by Crippen LogP contribution is 2.23. The largest absolute Gasteiger partial charge is 0.271 e. The van der Waals surface area contributed by atoms with Crippen LogP contribution in [0.15, 0.2) is 53.6 Å². The lowest BCUT2D eigenvalue weighted by Gasteiger charge is -2.09. The quantitative estimate of drug-likeness (QED) is 0.415. The van der Waals surface area contributed by atoms with E-state index in [4.69, 9.17) is 11.6 Å². The monoisotopic (exact) mass is 387 g/mol. The van der Waals surface area contributed by atoms with Crippen LogP contribution < -0.4 is 16.3 Å². The molecule has 0 spiro atoms. The van der Waals surface area contributed by atoms with Gasteiger partial charge in [0.05, 0.1) is 10.6 Å². The number of benzene rings is 2. The molecule has 0 saturated carbocycles. The minimum atomic E-state index is -0.464. The van der Waals surface area contributed by atoms with Crippen molar-refractivity contribution in [2.24, 2.45) is 5.10 Å². The molecule has 8 nitrogen and oxygen atoms in total. The van der Waals surface area contributed by atoms with Gasteiger partial charge in [0, 0.05) is 23.2 Å². The van der Waals surface area contributed by atoms with Gasteiger partial charge in [0.25, 0.3) is 11.6 Å². The Hall–Kier alpha value is -2.81. The summed E-state index contributed by atoms with van der Waals surface area (Å²) in [7, 11) is 0. The average Bonchev–Trinajstić information content (AvgIpc) is 3.16. The van der Waals surface area contributed by atoms with E-state index in [0.717, 1.165) is 5.56 Å². The van der Waals surface area contributed by atoms with Crippen LogP contribution in [0.4, 0.5) is 5.69 Å². The molecular weight excluding hydrogens is 370 g/mol. The van der Waals surface area contributed by atoms with E-state index in [0.29, 0.717) is 22.7 Å². The zero-order chi connectivity index (χ0) is 19.4. The second-order valence-corrected chi connectivity index (χ2v) is 6.59. The molecule has 1 aliphatic rings. The topological polar surface area (TPSA) is 109 Å². The third kappa shape index (κ3) is 4.68. The van der Waals surface area contributed by atoms with Crippen molar-refractivity contribution < 1.29 is 9.72 Å². The first-order valence-corrected chi connectivity index (χ1v) is 8.67. The summed E-state index contributed by atoms with van der Waals surface area (Å²) in [6.07, 6.45) is 0.569. The number of non-ortho nitro benzene ring substituents is 1. The van der Waals surface area contributed by atoms with Crippen LogP contribution in [0.25, 0.3) is 0 Å². The number of nitrogens with one attached hydrogen (secondary N) is 3. The Morgan fingerprint density at radius 1 is 1.19 bits per heavy atom. The Morgan fingerprint density at radius 3 is 2.48 bits per heavy atom. The van der Waals surface area contributed by atoms with Crippen LogP contribution in [-0.2, 0) is 4.79 Å². The van der Waals surface area contributed by atoms with Crippen molar-refractivity contribution in [1.82, 2.24) is 16.3 Å². The van der Waals surface area contributed by atoms with E-state index in [2.05, 4.69) is 21.4 Å². The maximum atomic E-state index is 12.3. The molecule has 2 atom stereocenters. The van der Waals surface area contributed by atoms with Crippen molar-refractivity contribution >= 4 is 28.9 Å². The van der Waals surface area contributed by atoms with E-state index in [1.807, 2.05) is 24.3 Å². The Kier molecular flexibility index (Phi) is 5.80. The van der Waals surface area contributed by atoms with Gasteiger partial charge in [-0.1, -0.05) is 23.7 Å². The Labute approximate surface area is 160 Å². The minimum Gasteiger partial charge on any atom is -0.271 e. The van der Waals surface area contributed by atoms with E-state index >= 15 is 0 Å². The van der Waals surface area contributed by atoms with E-state index < -0.39 is 11.0 Å². The van der Waals surface area contributed by atoms with Gasteiger partial charge < -0.3 is 0 Å². The minimum absolute atomic E-state index is 0.00207. The molecule has 1 aliphatic heterocycles. The molecule has 0 radical (unpaired) electrons. The second kappa shape index (κ2) is 8.26. The predicted molar refractivity (Wildman–Crippen MR) is 102 cm³/mol. The predicted octanol–water partition coefficient (Wildman–Crippen LogP) is 2.70. The standard InChI is InChI=1S/C18H18ClN5O3/c1-11(12-4-8-15(9-5-12)24(26)27)20-23-18(25)17-10-16(21-22-17)13-2-6-14(19)7-3-13/h2-9,16-17,21-22H,10H2,1H3,(H,23,25)/b20-11-. The first kappa shape index (κ1) is 19.0. The van der Waals surface area contributed by atoms with Gasteiger partial charge in [-0.05, 0) is 48.7 Å². The highest BCUT2D eigenvalue weighted by atomic mass is 35.5. The molecule has 9 heteroatoms. The summed E-state index contributed by atoms with van der Waals surface area (Å²) in [4.78, 5) is 22.5. The van der Waals surface area contributed by atoms with E-state index in [1.165, 1.54) is 12.1 Å². The summed E-state index contributed by atoms with van der Waals surface area (Å²) < 4.78 is 0. The van der Waals surface area contributed by atoms with Crippen LogP contribution in [0.3, 0.4) is 0 Å². The van der Waals surface area contributed by atoms with Crippen molar-refractivity contribution in [3.63, 3.8) is 0 Å². The molecule has 140 valence electrons. The fourth-order valence-electron chi connectivity index (χ4n) is 2.75. The van der Waals surface area contributed by atoms with E-state index in [1.54, 1.807) is 19.1 Å². The normalized spacial score (nSPS) is 19.7. The number of carbonyl (C=O) groups excluding carboxylic acids is 1. The summed E-state index contributed by atoms with van der Waals surface area (Å²) in [5, 5.41) is 15.4. The van der Waals surface area contributed by atoms with Crippen LogP contribution in [0, 0.1) is 10.1 Å². The number of halogens is 1. The summed E-state index contributed by atoms with van der Waals surface area (Å²) in [6.45, 7) is 1.72. The van der Waals surface area contributed by atoms with Crippen molar-refractivity contribution in [3.8, 4) is 0 Å². The zero-order valence-corrected chi connectivity index (χ0v) is 15.2.